The highest BCUT2D eigenvalue weighted by molar-refractivity contribution is 5.97. The fraction of sp³-hybridized carbons (Fsp3) is 0.357. The van der Waals surface area contributed by atoms with E-state index in [0.717, 1.165) is 22.3 Å². The molecule has 0 unspecified atom stereocenters. The minimum Gasteiger partial charge on any atom is -0.396 e. The van der Waals surface area contributed by atoms with Gasteiger partial charge in [-0.25, -0.2) is 0 Å². The molecular formula is C14H17N3. The van der Waals surface area contributed by atoms with Crippen LogP contribution in [0.2, 0.25) is 0 Å². The Morgan fingerprint density at radius 1 is 1.29 bits per heavy atom. The monoisotopic (exact) mass is 227 g/mol. The Labute approximate surface area is 101 Å². The summed E-state index contributed by atoms with van der Waals surface area (Å²) in [4.78, 5) is 6.70. The average Bonchev–Trinajstić information content (AvgIpc) is 2.26. The van der Waals surface area contributed by atoms with Crippen molar-refractivity contribution in [2.45, 2.75) is 25.3 Å². The number of aromatic nitrogens is 1. The van der Waals surface area contributed by atoms with E-state index in [2.05, 4.69) is 23.0 Å². The highest BCUT2D eigenvalue weighted by atomic mass is 15.2. The van der Waals surface area contributed by atoms with Crippen molar-refractivity contribution in [1.82, 2.24) is 4.98 Å². The first-order valence-corrected chi connectivity index (χ1v) is 6.13. The summed E-state index contributed by atoms with van der Waals surface area (Å²) in [5, 5.41) is 1.15. The largest absolute Gasteiger partial charge is 0.396 e. The quantitative estimate of drug-likeness (QED) is 0.857. The van der Waals surface area contributed by atoms with E-state index in [0.29, 0.717) is 6.04 Å². The molecule has 17 heavy (non-hydrogen) atoms. The molecule has 0 aliphatic heterocycles. The maximum atomic E-state index is 6.10. The van der Waals surface area contributed by atoms with Gasteiger partial charge in [0, 0.05) is 18.5 Å². The molecule has 0 saturated heterocycles. The molecule has 0 radical (unpaired) electrons. The average molecular weight is 227 g/mol. The Hall–Kier alpha value is -1.77. The molecule has 3 nitrogen and oxygen atoms in total. The Bertz CT molecular complexity index is 546. The summed E-state index contributed by atoms with van der Waals surface area (Å²) in [7, 11) is 2.14. The minimum atomic E-state index is 0.642. The van der Waals surface area contributed by atoms with E-state index in [1.807, 2.05) is 18.2 Å². The fourth-order valence-electron chi connectivity index (χ4n) is 2.49. The molecule has 1 aliphatic rings. The molecule has 1 aliphatic carbocycles. The number of pyridine rings is 1. The highest BCUT2D eigenvalue weighted by Gasteiger charge is 2.24. The Kier molecular flexibility index (Phi) is 2.39. The van der Waals surface area contributed by atoms with E-state index in [1.54, 1.807) is 6.20 Å². The first-order valence-electron chi connectivity index (χ1n) is 6.13. The van der Waals surface area contributed by atoms with Crippen LogP contribution in [0.4, 0.5) is 11.4 Å². The lowest BCUT2D eigenvalue weighted by molar-refractivity contribution is 0.402. The number of nitrogens with two attached hydrogens (primary N) is 1. The number of hydrogen-bond acceptors (Lipinski definition) is 3. The second-order valence-corrected chi connectivity index (χ2v) is 4.77. The predicted molar refractivity (Wildman–Crippen MR) is 72.2 cm³/mol. The molecule has 2 N–H and O–H groups in total. The van der Waals surface area contributed by atoms with Crippen LogP contribution in [0.15, 0.2) is 30.5 Å². The number of nitrogens with zero attached hydrogens (tertiary/aromatic N) is 2. The van der Waals surface area contributed by atoms with Crippen molar-refractivity contribution in [3.8, 4) is 0 Å². The molecule has 1 fully saturated rings. The van der Waals surface area contributed by atoms with Crippen molar-refractivity contribution < 1.29 is 0 Å². The molecule has 0 amide bonds. The van der Waals surface area contributed by atoms with Crippen LogP contribution in [-0.2, 0) is 0 Å². The zero-order valence-corrected chi connectivity index (χ0v) is 10.1. The van der Waals surface area contributed by atoms with E-state index in [9.17, 15) is 0 Å². The molecule has 2 aromatic rings. The lowest BCUT2D eigenvalue weighted by Crippen LogP contribution is -2.37. The second kappa shape index (κ2) is 3.91. The van der Waals surface area contributed by atoms with Gasteiger partial charge in [-0.05, 0) is 25.3 Å². The van der Waals surface area contributed by atoms with Crippen molar-refractivity contribution >= 4 is 22.3 Å². The van der Waals surface area contributed by atoms with Crippen molar-refractivity contribution in [2.75, 3.05) is 17.7 Å². The molecule has 0 spiro atoms. The summed E-state index contributed by atoms with van der Waals surface area (Å²) in [5.41, 5.74) is 9.03. The lowest BCUT2D eigenvalue weighted by atomic mass is 9.91. The third-order valence-corrected chi connectivity index (χ3v) is 3.75. The molecule has 3 heteroatoms. The summed E-state index contributed by atoms with van der Waals surface area (Å²) < 4.78 is 0. The van der Waals surface area contributed by atoms with Gasteiger partial charge in [-0.15, -0.1) is 0 Å². The Morgan fingerprint density at radius 3 is 2.76 bits per heavy atom. The van der Waals surface area contributed by atoms with Crippen LogP contribution in [-0.4, -0.2) is 18.1 Å². The van der Waals surface area contributed by atoms with Gasteiger partial charge in [0.1, 0.15) is 0 Å². The summed E-state index contributed by atoms with van der Waals surface area (Å²) in [5.74, 6) is 0. The van der Waals surface area contributed by atoms with Gasteiger partial charge in [0.2, 0.25) is 0 Å². The molecule has 1 aromatic heterocycles. The highest BCUT2D eigenvalue weighted by Crippen LogP contribution is 2.35. The van der Waals surface area contributed by atoms with Crippen LogP contribution in [0.25, 0.3) is 10.9 Å². The van der Waals surface area contributed by atoms with Gasteiger partial charge in [0.05, 0.1) is 23.1 Å². The topological polar surface area (TPSA) is 42.1 Å². The first-order chi connectivity index (χ1) is 8.27. The number of para-hydroxylation sites is 1. The number of nitrogen functional groups attached to an aromatic ring is 1. The zero-order chi connectivity index (χ0) is 11.8. The van der Waals surface area contributed by atoms with Crippen LogP contribution in [0, 0.1) is 0 Å². The van der Waals surface area contributed by atoms with Gasteiger partial charge in [-0.3, -0.25) is 4.98 Å². The van der Waals surface area contributed by atoms with Crippen LogP contribution in [0.5, 0.6) is 0 Å². The second-order valence-electron chi connectivity index (χ2n) is 4.77. The van der Waals surface area contributed by atoms with Gasteiger partial charge in [-0.2, -0.15) is 0 Å². The van der Waals surface area contributed by atoms with Gasteiger partial charge in [-0.1, -0.05) is 18.2 Å². The molecule has 1 aromatic carbocycles. The lowest BCUT2D eigenvalue weighted by Gasteiger charge is -2.37. The van der Waals surface area contributed by atoms with E-state index in [4.69, 9.17) is 5.73 Å². The third-order valence-electron chi connectivity index (χ3n) is 3.75. The van der Waals surface area contributed by atoms with E-state index in [-0.39, 0.29) is 0 Å². The van der Waals surface area contributed by atoms with Crippen LogP contribution < -0.4 is 10.6 Å². The van der Waals surface area contributed by atoms with Crippen molar-refractivity contribution in [3.63, 3.8) is 0 Å². The predicted octanol–water partition coefficient (Wildman–Crippen LogP) is 2.81. The minimum absolute atomic E-state index is 0.642. The van der Waals surface area contributed by atoms with E-state index in [1.165, 1.54) is 19.3 Å². The molecule has 1 heterocycles. The maximum Gasteiger partial charge on any atom is 0.0745 e. The normalized spacial score (nSPS) is 15.8. The fourth-order valence-corrected chi connectivity index (χ4v) is 2.49. The number of anilines is 2. The molecule has 0 bridgehead atoms. The Morgan fingerprint density at radius 2 is 2.06 bits per heavy atom. The van der Waals surface area contributed by atoms with E-state index < -0.39 is 0 Å². The van der Waals surface area contributed by atoms with Crippen LogP contribution >= 0.6 is 0 Å². The van der Waals surface area contributed by atoms with Crippen LogP contribution in [0.3, 0.4) is 0 Å². The summed E-state index contributed by atoms with van der Waals surface area (Å²) in [6, 6.07) is 8.83. The van der Waals surface area contributed by atoms with E-state index >= 15 is 0 Å². The maximum absolute atomic E-state index is 6.10. The van der Waals surface area contributed by atoms with Crippen LogP contribution in [0.1, 0.15) is 19.3 Å². The molecule has 88 valence electrons. The zero-order valence-electron chi connectivity index (χ0n) is 10.1. The number of hydrogen-bond donors (Lipinski definition) is 1. The molecular weight excluding hydrogens is 210 g/mol. The SMILES string of the molecule is CN(c1c(N)cnc2ccccc12)C1CCC1. The number of fused-ring (bicyclic) bond motifs is 1. The van der Waals surface area contributed by atoms with Gasteiger partial charge < -0.3 is 10.6 Å². The van der Waals surface area contributed by atoms with Gasteiger partial charge >= 0.3 is 0 Å². The summed E-state index contributed by atoms with van der Waals surface area (Å²) in [6.07, 6.45) is 5.64. The molecule has 0 atom stereocenters. The number of benzene rings is 1. The van der Waals surface area contributed by atoms with Crippen molar-refractivity contribution in [3.05, 3.63) is 30.5 Å². The van der Waals surface area contributed by atoms with Crippen molar-refractivity contribution in [1.29, 1.82) is 0 Å². The summed E-state index contributed by atoms with van der Waals surface area (Å²) in [6.45, 7) is 0. The standard InChI is InChI=1S/C14H17N3/c1-17(10-5-4-6-10)14-11-7-2-3-8-13(11)16-9-12(14)15/h2-3,7-10H,4-6,15H2,1H3. The smallest absolute Gasteiger partial charge is 0.0745 e. The Balaban J connectivity index is 2.15. The molecule has 3 rings (SSSR count). The first kappa shape index (κ1) is 10.4. The van der Waals surface area contributed by atoms with Gasteiger partial charge in [0.25, 0.3) is 0 Å². The third kappa shape index (κ3) is 1.62. The number of rotatable bonds is 2. The van der Waals surface area contributed by atoms with Gasteiger partial charge in [0.15, 0.2) is 0 Å². The molecule has 1 saturated carbocycles. The van der Waals surface area contributed by atoms with Crippen molar-refractivity contribution in [2.24, 2.45) is 0 Å². The summed E-state index contributed by atoms with van der Waals surface area (Å²) >= 11 is 0.